The van der Waals surface area contributed by atoms with E-state index >= 15 is 0 Å². The number of likely N-dealkylation sites (tertiary alicyclic amines) is 1. The number of anilines is 1. The van der Waals surface area contributed by atoms with Crippen LogP contribution in [0.1, 0.15) is 43.2 Å². The summed E-state index contributed by atoms with van der Waals surface area (Å²) in [7, 11) is 1.95. The van der Waals surface area contributed by atoms with Crippen LogP contribution in [-0.2, 0) is 13.5 Å². The van der Waals surface area contributed by atoms with Crippen LogP contribution in [0.3, 0.4) is 0 Å². The Kier molecular flexibility index (Phi) is 5.63. The van der Waals surface area contributed by atoms with Gasteiger partial charge in [-0.1, -0.05) is 13.8 Å². The molecule has 2 saturated heterocycles. The fourth-order valence-electron chi connectivity index (χ4n) is 5.70. The Morgan fingerprint density at radius 1 is 1.15 bits per heavy atom. The van der Waals surface area contributed by atoms with Crippen LogP contribution in [0.4, 0.5) is 19.0 Å². The fourth-order valence-corrected chi connectivity index (χ4v) is 6.72. The van der Waals surface area contributed by atoms with Gasteiger partial charge in [-0.2, -0.15) is 18.3 Å². The summed E-state index contributed by atoms with van der Waals surface area (Å²) in [6.07, 6.45) is 2.61. The molecule has 3 aromatic rings. The first kappa shape index (κ1) is 22.6. The van der Waals surface area contributed by atoms with Crippen LogP contribution in [-0.4, -0.2) is 57.0 Å². The third-order valence-corrected chi connectivity index (χ3v) is 8.07. The summed E-state index contributed by atoms with van der Waals surface area (Å²) in [6, 6.07) is 1.96. The number of fused-ring (bicyclic) bond motifs is 1. The van der Waals surface area contributed by atoms with E-state index < -0.39 is 12.6 Å². The molecule has 1 spiro atoms. The molecule has 5 heterocycles. The van der Waals surface area contributed by atoms with Crippen LogP contribution in [0.15, 0.2) is 24.8 Å². The van der Waals surface area contributed by atoms with Gasteiger partial charge in [0.25, 0.3) is 0 Å². The molecule has 6 nitrogen and oxygen atoms in total. The zero-order chi connectivity index (χ0) is 23.4. The first-order valence-corrected chi connectivity index (χ1v) is 12.2. The van der Waals surface area contributed by atoms with Crippen LogP contribution in [0.5, 0.6) is 0 Å². The van der Waals surface area contributed by atoms with Crippen LogP contribution in [0, 0.1) is 11.3 Å². The van der Waals surface area contributed by atoms with Crippen molar-refractivity contribution in [2.24, 2.45) is 18.4 Å². The van der Waals surface area contributed by atoms with E-state index in [-0.39, 0.29) is 10.3 Å². The molecule has 2 atom stereocenters. The first-order chi connectivity index (χ1) is 15.6. The van der Waals surface area contributed by atoms with Gasteiger partial charge in [-0.05, 0) is 31.4 Å². The van der Waals surface area contributed by atoms with E-state index in [0.29, 0.717) is 16.8 Å². The second-order valence-electron chi connectivity index (χ2n) is 9.95. The number of alkyl halides is 3. The molecule has 33 heavy (non-hydrogen) atoms. The van der Waals surface area contributed by atoms with Gasteiger partial charge in [-0.3, -0.25) is 9.58 Å². The molecule has 0 amide bonds. The molecule has 2 aliphatic heterocycles. The van der Waals surface area contributed by atoms with E-state index in [4.69, 9.17) is 0 Å². The normalized spacial score (nSPS) is 22.9. The number of hydrogen-bond acceptors (Lipinski definition) is 6. The molecule has 178 valence electrons. The zero-order valence-corrected chi connectivity index (χ0v) is 20.0. The maximum Gasteiger partial charge on any atom is 0.393 e. The minimum atomic E-state index is -4.22. The highest BCUT2D eigenvalue weighted by atomic mass is 32.1. The quantitative estimate of drug-likeness (QED) is 0.526. The number of nitrogens with zero attached hydrogens (tertiary/aromatic N) is 6. The Morgan fingerprint density at radius 3 is 2.64 bits per heavy atom. The molecular weight excluding hydrogens is 449 g/mol. The SMILES string of the molecule is CC(C)[C@@H](c1cnn(C)c1)N1CC[C@@]2(CCN(c3ncnc4sc(CC(F)(F)F)cc34)C2)C1. The van der Waals surface area contributed by atoms with E-state index in [0.717, 1.165) is 61.6 Å². The molecule has 2 fully saturated rings. The number of halogens is 3. The van der Waals surface area contributed by atoms with Crippen molar-refractivity contribution in [3.05, 3.63) is 35.2 Å². The van der Waals surface area contributed by atoms with Gasteiger partial charge in [-0.25, -0.2) is 9.97 Å². The standard InChI is InChI=1S/C23H29F3N6S/c1-15(2)19(16-10-29-30(3)11-16)31-6-4-22(12-31)5-7-32(13-22)20-18-8-17(9-23(24,25)26)33-21(18)28-14-27-20/h8,10-11,14-15,19H,4-7,9,12-13H2,1-3H3/t19-,22+/m0/s1. The highest BCUT2D eigenvalue weighted by molar-refractivity contribution is 7.18. The second-order valence-corrected chi connectivity index (χ2v) is 11.1. The van der Waals surface area contributed by atoms with Crippen molar-refractivity contribution in [2.45, 2.75) is 45.3 Å². The Bertz CT molecular complexity index is 1140. The van der Waals surface area contributed by atoms with Crippen LogP contribution < -0.4 is 4.90 Å². The van der Waals surface area contributed by atoms with Crippen LogP contribution >= 0.6 is 11.3 Å². The second kappa shape index (κ2) is 8.23. The fraction of sp³-hybridized carbons (Fsp3) is 0.609. The summed E-state index contributed by atoms with van der Waals surface area (Å²) in [4.78, 5) is 14.5. The maximum atomic E-state index is 12.9. The lowest BCUT2D eigenvalue weighted by atomic mass is 9.86. The van der Waals surface area contributed by atoms with Gasteiger partial charge >= 0.3 is 6.18 Å². The Balaban J connectivity index is 1.35. The summed E-state index contributed by atoms with van der Waals surface area (Å²) in [5.74, 6) is 1.24. The van der Waals surface area contributed by atoms with Crippen molar-refractivity contribution in [3.63, 3.8) is 0 Å². The third-order valence-electron chi connectivity index (χ3n) is 7.03. The van der Waals surface area contributed by atoms with Crippen LogP contribution in [0.25, 0.3) is 10.2 Å². The lowest BCUT2D eigenvalue weighted by molar-refractivity contribution is -0.126. The molecule has 0 unspecified atom stereocenters. The van der Waals surface area contributed by atoms with Crippen molar-refractivity contribution in [3.8, 4) is 0 Å². The molecule has 0 aliphatic carbocycles. The molecule has 0 bridgehead atoms. The van der Waals surface area contributed by atoms with Crippen molar-refractivity contribution in [1.29, 1.82) is 0 Å². The smallest absolute Gasteiger partial charge is 0.355 e. The highest BCUT2D eigenvalue weighted by Gasteiger charge is 2.46. The molecule has 0 saturated carbocycles. The average Bonchev–Trinajstić information content (AvgIpc) is 3.49. The van der Waals surface area contributed by atoms with Crippen molar-refractivity contribution < 1.29 is 13.2 Å². The summed E-state index contributed by atoms with van der Waals surface area (Å²) < 4.78 is 40.6. The molecule has 0 radical (unpaired) electrons. The lowest BCUT2D eigenvalue weighted by Gasteiger charge is -2.32. The van der Waals surface area contributed by atoms with Gasteiger partial charge in [0, 0.05) is 54.8 Å². The van der Waals surface area contributed by atoms with Gasteiger partial charge in [0.05, 0.1) is 18.0 Å². The predicted octanol–water partition coefficient (Wildman–Crippen LogP) is 4.83. The van der Waals surface area contributed by atoms with Crippen molar-refractivity contribution >= 4 is 27.4 Å². The van der Waals surface area contributed by atoms with E-state index in [1.165, 1.54) is 11.9 Å². The van der Waals surface area contributed by atoms with E-state index in [2.05, 4.69) is 44.9 Å². The van der Waals surface area contributed by atoms with Gasteiger partial charge < -0.3 is 4.90 Å². The highest BCUT2D eigenvalue weighted by Crippen LogP contribution is 2.45. The number of rotatable bonds is 5. The topological polar surface area (TPSA) is 50.1 Å². The van der Waals surface area contributed by atoms with E-state index in [1.807, 2.05) is 17.9 Å². The zero-order valence-electron chi connectivity index (χ0n) is 19.1. The van der Waals surface area contributed by atoms with Gasteiger partial charge in [0.1, 0.15) is 17.0 Å². The predicted molar refractivity (Wildman–Crippen MR) is 123 cm³/mol. The minimum absolute atomic E-state index is 0.178. The first-order valence-electron chi connectivity index (χ1n) is 11.4. The molecule has 3 aromatic heterocycles. The molecule has 2 aliphatic rings. The number of thiophene rings is 1. The third kappa shape index (κ3) is 4.47. The molecule has 10 heteroatoms. The van der Waals surface area contributed by atoms with Crippen LogP contribution in [0.2, 0.25) is 0 Å². The summed E-state index contributed by atoms with van der Waals surface area (Å²) in [6.45, 7) is 8.31. The monoisotopic (exact) mass is 478 g/mol. The van der Waals surface area contributed by atoms with E-state index in [1.54, 1.807) is 6.07 Å². The molecule has 5 rings (SSSR count). The Hall–Kier alpha value is -2.20. The summed E-state index contributed by atoms with van der Waals surface area (Å²) in [5, 5.41) is 5.12. The maximum absolute atomic E-state index is 12.9. The molecule has 0 N–H and O–H groups in total. The average molecular weight is 479 g/mol. The molecule has 0 aromatic carbocycles. The largest absolute Gasteiger partial charge is 0.393 e. The lowest BCUT2D eigenvalue weighted by Crippen LogP contribution is -2.34. The molecular formula is C23H29F3N6S. The summed E-state index contributed by atoms with van der Waals surface area (Å²) in [5.41, 5.74) is 1.43. The van der Waals surface area contributed by atoms with Crippen molar-refractivity contribution in [1.82, 2.24) is 24.6 Å². The summed E-state index contributed by atoms with van der Waals surface area (Å²) >= 11 is 1.11. The number of aromatic nitrogens is 4. The Labute approximate surface area is 195 Å². The number of aryl methyl sites for hydroxylation is 1. The van der Waals surface area contributed by atoms with Gasteiger partial charge in [0.15, 0.2) is 0 Å². The minimum Gasteiger partial charge on any atom is -0.355 e. The van der Waals surface area contributed by atoms with Crippen molar-refractivity contribution in [2.75, 3.05) is 31.1 Å². The Morgan fingerprint density at radius 2 is 1.94 bits per heavy atom. The van der Waals surface area contributed by atoms with E-state index in [9.17, 15) is 13.2 Å². The van der Waals surface area contributed by atoms with Gasteiger partial charge in [-0.15, -0.1) is 11.3 Å². The number of hydrogen-bond donors (Lipinski definition) is 0. The van der Waals surface area contributed by atoms with Gasteiger partial charge in [0.2, 0.25) is 0 Å².